The lowest BCUT2D eigenvalue weighted by Crippen LogP contribution is -2.58. The van der Waals surface area contributed by atoms with Crippen LogP contribution in [0, 0.1) is 0 Å². The summed E-state index contributed by atoms with van der Waals surface area (Å²) >= 11 is 0. The number of carboxylic acids is 1. The number of fused-ring (bicyclic) bond motifs is 1. The van der Waals surface area contributed by atoms with E-state index < -0.39 is 47.9 Å². The van der Waals surface area contributed by atoms with Crippen molar-refractivity contribution in [3.63, 3.8) is 0 Å². The number of carbonyl (C=O) groups excluding carboxylic acids is 3. The van der Waals surface area contributed by atoms with Gasteiger partial charge in [0.2, 0.25) is 17.7 Å². The van der Waals surface area contributed by atoms with Gasteiger partial charge in [-0.25, -0.2) is 4.79 Å². The van der Waals surface area contributed by atoms with E-state index in [0.29, 0.717) is 12.8 Å². The van der Waals surface area contributed by atoms with E-state index in [1.807, 2.05) is 54.6 Å². The van der Waals surface area contributed by atoms with Crippen molar-refractivity contribution in [1.82, 2.24) is 20.5 Å². The number of nitrogens with zero attached hydrogens (tertiary/aromatic N) is 1. The summed E-state index contributed by atoms with van der Waals surface area (Å²) in [5.41, 5.74) is 9.40. The van der Waals surface area contributed by atoms with E-state index in [-0.39, 0.29) is 31.6 Å². The molecule has 0 bridgehead atoms. The molecule has 3 amide bonds. The maximum absolute atomic E-state index is 13.9. The lowest BCUT2D eigenvalue weighted by molar-refractivity contribution is -0.149. The van der Waals surface area contributed by atoms with Crippen molar-refractivity contribution >= 4 is 34.6 Å². The number of amides is 3. The van der Waals surface area contributed by atoms with Crippen molar-refractivity contribution in [2.45, 2.75) is 56.3 Å². The fourth-order valence-electron chi connectivity index (χ4n) is 5.80. The van der Waals surface area contributed by atoms with Gasteiger partial charge in [0.1, 0.15) is 23.9 Å². The molecule has 0 radical (unpaired) electrons. The molecule has 1 saturated heterocycles. The van der Waals surface area contributed by atoms with Crippen molar-refractivity contribution in [3.05, 3.63) is 102 Å². The Morgan fingerprint density at radius 3 is 2.24 bits per heavy atom. The fourth-order valence-corrected chi connectivity index (χ4v) is 5.80. The fraction of sp³-hybridized carbons (Fsp3) is 0.294. The Morgan fingerprint density at radius 2 is 1.51 bits per heavy atom. The number of aliphatic carboxylic acids is 1. The van der Waals surface area contributed by atoms with Crippen molar-refractivity contribution in [2.75, 3.05) is 6.54 Å². The molecule has 234 valence electrons. The molecular weight excluding hydrogens is 574 g/mol. The standard InChI is InChI=1S/C34H37N5O6/c35-26(17-22-12-14-24(40)15-13-22)31(41)37-28(18-21-7-2-1-3-8-21)32(42)38-29(33(43)39-16-6-11-30(39)34(44)45)19-23-20-36-27-10-5-4-9-25(23)27/h1-5,7-10,12-15,20,26,28-30,36,40H,6,11,16-19,35H2,(H,37,41)(H,38,42)(H,44,45). The monoisotopic (exact) mass is 611 g/mol. The van der Waals surface area contributed by atoms with E-state index in [9.17, 15) is 29.4 Å². The first-order valence-electron chi connectivity index (χ1n) is 15.0. The number of hydrogen-bond acceptors (Lipinski definition) is 6. The zero-order chi connectivity index (χ0) is 31.9. The second kappa shape index (κ2) is 14.1. The highest BCUT2D eigenvalue weighted by Crippen LogP contribution is 2.23. The number of aromatic nitrogens is 1. The largest absolute Gasteiger partial charge is 0.508 e. The Bertz CT molecular complexity index is 1650. The van der Waals surface area contributed by atoms with Gasteiger partial charge in [-0.1, -0.05) is 60.7 Å². The molecule has 0 saturated carbocycles. The third kappa shape index (κ3) is 7.68. The summed E-state index contributed by atoms with van der Waals surface area (Å²) in [7, 11) is 0. The van der Waals surface area contributed by atoms with Gasteiger partial charge < -0.3 is 36.5 Å². The van der Waals surface area contributed by atoms with Crippen molar-refractivity contribution < 1.29 is 29.4 Å². The van der Waals surface area contributed by atoms with Gasteiger partial charge in [0.25, 0.3) is 0 Å². The van der Waals surface area contributed by atoms with Gasteiger partial charge in [0.15, 0.2) is 0 Å². The quantitative estimate of drug-likeness (QED) is 0.142. The van der Waals surface area contributed by atoms with Crippen LogP contribution in [0.3, 0.4) is 0 Å². The van der Waals surface area contributed by atoms with Crippen LogP contribution in [0.5, 0.6) is 5.75 Å². The predicted molar refractivity (Wildman–Crippen MR) is 168 cm³/mol. The molecule has 7 N–H and O–H groups in total. The second-order valence-electron chi connectivity index (χ2n) is 11.4. The third-order valence-corrected chi connectivity index (χ3v) is 8.18. The minimum atomic E-state index is -1.09. The zero-order valence-electron chi connectivity index (χ0n) is 24.7. The van der Waals surface area contributed by atoms with Crippen LogP contribution in [0.15, 0.2) is 85.1 Å². The van der Waals surface area contributed by atoms with Crippen LogP contribution < -0.4 is 16.4 Å². The van der Waals surface area contributed by atoms with Gasteiger partial charge in [-0.15, -0.1) is 0 Å². The number of aromatic hydroxyl groups is 1. The summed E-state index contributed by atoms with van der Waals surface area (Å²) in [4.78, 5) is 57.6. The number of hydrogen-bond donors (Lipinski definition) is 6. The summed E-state index contributed by atoms with van der Waals surface area (Å²) in [6.07, 6.45) is 3.09. The van der Waals surface area contributed by atoms with Crippen LogP contribution in [0.1, 0.15) is 29.5 Å². The average Bonchev–Trinajstić information content (AvgIpc) is 3.70. The number of nitrogens with one attached hydrogen (secondary N) is 3. The first-order valence-corrected chi connectivity index (χ1v) is 15.0. The number of H-pyrrole nitrogens is 1. The minimum absolute atomic E-state index is 0.0942. The average molecular weight is 612 g/mol. The van der Waals surface area contributed by atoms with Gasteiger partial charge in [-0.05, 0) is 54.2 Å². The number of phenolic OH excluding ortho intramolecular Hbond substituents is 1. The minimum Gasteiger partial charge on any atom is -0.508 e. The molecule has 4 unspecified atom stereocenters. The SMILES string of the molecule is NC(Cc1ccc(O)cc1)C(=O)NC(Cc1ccccc1)C(=O)NC(Cc1c[nH]c2ccccc12)C(=O)N1CCCC1C(=O)O. The van der Waals surface area contributed by atoms with Crippen molar-refractivity contribution in [3.8, 4) is 5.75 Å². The Labute approximate surface area is 260 Å². The molecule has 45 heavy (non-hydrogen) atoms. The summed E-state index contributed by atoms with van der Waals surface area (Å²) in [5.74, 6) is -2.63. The highest BCUT2D eigenvalue weighted by atomic mass is 16.4. The molecule has 0 spiro atoms. The normalized spacial score (nSPS) is 16.6. The van der Waals surface area contributed by atoms with Crippen LogP contribution in [0.2, 0.25) is 0 Å². The van der Waals surface area contributed by atoms with Gasteiger partial charge in [-0.3, -0.25) is 14.4 Å². The molecule has 4 atom stereocenters. The summed E-state index contributed by atoms with van der Waals surface area (Å²) in [6.45, 7) is 0.270. The maximum atomic E-state index is 13.9. The van der Waals surface area contributed by atoms with Crippen LogP contribution in [0.25, 0.3) is 10.9 Å². The molecule has 1 fully saturated rings. The molecule has 1 aliphatic rings. The molecule has 11 heteroatoms. The lowest BCUT2D eigenvalue weighted by atomic mass is 10.0. The highest BCUT2D eigenvalue weighted by Gasteiger charge is 2.38. The number of aromatic amines is 1. The highest BCUT2D eigenvalue weighted by molar-refractivity contribution is 5.95. The van der Waals surface area contributed by atoms with Crippen molar-refractivity contribution in [2.24, 2.45) is 5.73 Å². The molecular formula is C34H37N5O6. The number of carboxylic acid groups (broad SMARTS) is 1. The van der Waals surface area contributed by atoms with Gasteiger partial charge in [0.05, 0.1) is 6.04 Å². The Hall–Kier alpha value is -5.16. The molecule has 1 aromatic heterocycles. The van der Waals surface area contributed by atoms with Crippen LogP contribution >= 0.6 is 0 Å². The first kappa shape index (κ1) is 31.3. The third-order valence-electron chi connectivity index (χ3n) is 8.18. The Balaban J connectivity index is 1.39. The van der Waals surface area contributed by atoms with E-state index in [4.69, 9.17) is 5.73 Å². The van der Waals surface area contributed by atoms with Gasteiger partial charge >= 0.3 is 5.97 Å². The smallest absolute Gasteiger partial charge is 0.326 e. The number of likely N-dealkylation sites (tertiary alicyclic amines) is 1. The van der Waals surface area contributed by atoms with Crippen LogP contribution in [0.4, 0.5) is 0 Å². The molecule has 3 aromatic carbocycles. The summed E-state index contributed by atoms with van der Waals surface area (Å²) in [6, 6.07) is 19.0. The molecule has 11 nitrogen and oxygen atoms in total. The second-order valence-corrected chi connectivity index (χ2v) is 11.4. The summed E-state index contributed by atoms with van der Waals surface area (Å²) in [5, 5.41) is 25.8. The van der Waals surface area contributed by atoms with E-state index in [1.165, 1.54) is 17.0 Å². The first-order chi connectivity index (χ1) is 21.7. The lowest BCUT2D eigenvalue weighted by Gasteiger charge is -2.29. The predicted octanol–water partition coefficient (Wildman–Crippen LogP) is 2.27. The van der Waals surface area contributed by atoms with Gasteiger partial charge in [0, 0.05) is 36.5 Å². The van der Waals surface area contributed by atoms with Crippen molar-refractivity contribution in [1.29, 1.82) is 0 Å². The number of nitrogens with two attached hydrogens (primary N) is 1. The van der Waals surface area contributed by atoms with Crippen LogP contribution in [-0.2, 0) is 38.4 Å². The number of phenols is 1. The molecule has 5 rings (SSSR count). The van der Waals surface area contributed by atoms with E-state index in [0.717, 1.165) is 27.6 Å². The van der Waals surface area contributed by atoms with Crippen LogP contribution in [-0.4, -0.2) is 74.5 Å². The Kier molecular flexibility index (Phi) is 9.79. The van der Waals surface area contributed by atoms with Gasteiger partial charge in [-0.2, -0.15) is 0 Å². The summed E-state index contributed by atoms with van der Waals surface area (Å²) < 4.78 is 0. The molecule has 2 heterocycles. The molecule has 4 aromatic rings. The number of carbonyl (C=O) groups is 4. The zero-order valence-corrected chi connectivity index (χ0v) is 24.7. The number of benzene rings is 3. The van der Waals surface area contributed by atoms with E-state index in [2.05, 4.69) is 15.6 Å². The maximum Gasteiger partial charge on any atom is 0.326 e. The van der Waals surface area contributed by atoms with E-state index in [1.54, 1.807) is 18.3 Å². The molecule has 0 aliphatic carbocycles. The topological polar surface area (TPSA) is 178 Å². The number of para-hydroxylation sites is 1. The number of rotatable bonds is 12. The molecule has 1 aliphatic heterocycles. The van der Waals surface area contributed by atoms with E-state index >= 15 is 0 Å². The Morgan fingerprint density at radius 1 is 0.844 bits per heavy atom.